The summed E-state index contributed by atoms with van der Waals surface area (Å²) in [7, 11) is 0. The summed E-state index contributed by atoms with van der Waals surface area (Å²) in [6.45, 7) is 6.21. The van der Waals surface area contributed by atoms with Crippen molar-refractivity contribution in [3.05, 3.63) is 0 Å². The van der Waals surface area contributed by atoms with Gasteiger partial charge >= 0.3 is 12.1 Å². The molecular formula is C14H24N2O5. The highest BCUT2D eigenvalue weighted by Crippen LogP contribution is 2.07. The fourth-order valence-electron chi connectivity index (χ4n) is 1.81. The zero-order chi connectivity index (χ0) is 15.9. The van der Waals surface area contributed by atoms with Crippen molar-refractivity contribution in [2.75, 3.05) is 13.2 Å². The number of alkyl carbamates (subject to hydrolysis) is 1. The molecule has 2 amide bonds. The van der Waals surface area contributed by atoms with Crippen molar-refractivity contribution in [3.63, 3.8) is 0 Å². The minimum Gasteiger partial charge on any atom is -0.464 e. The lowest BCUT2D eigenvalue weighted by Gasteiger charge is -2.19. The fraction of sp³-hybridized carbons (Fsp3) is 0.786. The number of carbonyl (C=O) groups excluding carboxylic acids is 3. The molecule has 0 spiro atoms. The van der Waals surface area contributed by atoms with Crippen LogP contribution in [0.4, 0.5) is 4.79 Å². The number of nitrogens with one attached hydrogen (secondary N) is 2. The van der Waals surface area contributed by atoms with Crippen LogP contribution in [0.15, 0.2) is 0 Å². The van der Waals surface area contributed by atoms with E-state index in [-0.39, 0.29) is 11.9 Å². The van der Waals surface area contributed by atoms with Crippen LogP contribution in [-0.2, 0) is 19.1 Å². The number of carbonyl (C=O) groups is 3. The van der Waals surface area contributed by atoms with Crippen molar-refractivity contribution in [2.24, 2.45) is 0 Å². The highest BCUT2D eigenvalue weighted by molar-refractivity contribution is 5.85. The lowest BCUT2D eigenvalue weighted by molar-refractivity contribution is -0.141. The molecule has 21 heavy (non-hydrogen) atoms. The van der Waals surface area contributed by atoms with Crippen LogP contribution in [0, 0.1) is 0 Å². The van der Waals surface area contributed by atoms with E-state index < -0.39 is 17.7 Å². The average molecular weight is 300 g/mol. The number of hydrogen-bond acceptors (Lipinski definition) is 5. The minimum atomic E-state index is -0.514. The van der Waals surface area contributed by atoms with Crippen molar-refractivity contribution in [1.82, 2.24) is 10.6 Å². The highest BCUT2D eigenvalue weighted by Gasteiger charge is 2.27. The summed E-state index contributed by atoms with van der Waals surface area (Å²) < 4.78 is 9.85. The quantitative estimate of drug-likeness (QED) is 0.566. The van der Waals surface area contributed by atoms with E-state index in [1.165, 1.54) is 0 Å². The fourth-order valence-corrected chi connectivity index (χ4v) is 1.81. The Kier molecular flexibility index (Phi) is 6.45. The lowest BCUT2D eigenvalue weighted by Crippen LogP contribution is -2.37. The number of hydrogen-bond donors (Lipinski definition) is 2. The van der Waals surface area contributed by atoms with Gasteiger partial charge in [-0.1, -0.05) is 0 Å². The Labute approximate surface area is 124 Å². The molecule has 1 heterocycles. The predicted molar refractivity (Wildman–Crippen MR) is 75.6 cm³/mol. The summed E-state index contributed by atoms with van der Waals surface area (Å²) in [5, 5.41) is 5.26. The Morgan fingerprint density at radius 2 is 2.05 bits per heavy atom. The third kappa shape index (κ3) is 7.53. The molecule has 2 N–H and O–H groups in total. The van der Waals surface area contributed by atoms with E-state index in [0.29, 0.717) is 38.8 Å². The molecular weight excluding hydrogens is 276 g/mol. The van der Waals surface area contributed by atoms with Gasteiger partial charge in [-0.15, -0.1) is 0 Å². The predicted octanol–water partition coefficient (Wildman–Crippen LogP) is 1.11. The van der Waals surface area contributed by atoms with Gasteiger partial charge < -0.3 is 20.1 Å². The van der Waals surface area contributed by atoms with Crippen molar-refractivity contribution >= 4 is 18.0 Å². The maximum Gasteiger partial charge on any atom is 0.407 e. The molecule has 0 aromatic carbocycles. The topological polar surface area (TPSA) is 93.7 Å². The second-order valence-electron chi connectivity index (χ2n) is 5.96. The number of cyclic esters (lactones) is 1. The van der Waals surface area contributed by atoms with E-state index in [1.54, 1.807) is 20.8 Å². The third-order valence-electron chi connectivity index (χ3n) is 2.77. The van der Waals surface area contributed by atoms with E-state index in [2.05, 4.69) is 10.6 Å². The summed E-state index contributed by atoms with van der Waals surface area (Å²) in [4.78, 5) is 34.1. The zero-order valence-electron chi connectivity index (χ0n) is 12.9. The van der Waals surface area contributed by atoms with E-state index in [4.69, 9.17) is 9.47 Å². The summed E-state index contributed by atoms with van der Waals surface area (Å²) in [5.74, 6) is -0.536. The van der Waals surface area contributed by atoms with E-state index >= 15 is 0 Å². The van der Waals surface area contributed by atoms with E-state index in [9.17, 15) is 14.4 Å². The van der Waals surface area contributed by atoms with Crippen LogP contribution in [0.1, 0.15) is 46.5 Å². The first-order valence-corrected chi connectivity index (χ1v) is 7.21. The standard InChI is InChI=1S/C14H24N2O5/c1-14(2,3)21-13(19)15-8-5-4-6-11(17)16-10-7-9-20-12(10)18/h10H,4-9H2,1-3H3,(H,15,19)(H,16,17)/t10-/m0/s1. The Bertz CT molecular complexity index is 389. The third-order valence-corrected chi connectivity index (χ3v) is 2.77. The second-order valence-corrected chi connectivity index (χ2v) is 5.96. The van der Waals surface area contributed by atoms with Gasteiger partial charge in [0.05, 0.1) is 6.61 Å². The molecule has 0 bridgehead atoms. The zero-order valence-corrected chi connectivity index (χ0v) is 12.9. The van der Waals surface area contributed by atoms with Gasteiger partial charge in [-0.05, 0) is 33.6 Å². The maximum absolute atomic E-state index is 11.6. The van der Waals surface area contributed by atoms with Crippen molar-refractivity contribution in [1.29, 1.82) is 0 Å². The van der Waals surface area contributed by atoms with E-state index in [0.717, 1.165) is 0 Å². The number of esters is 1. The lowest BCUT2D eigenvalue weighted by atomic mass is 10.2. The Balaban J connectivity index is 2.04. The monoisotopic (exact) mass is 300 g/mol. The van der Waals surface area contributed by atoms with Gasteiger partial charge in [-0.25, -0.2) is 9.59 Å². The smallest absolute Gasteiger partial charge is 0.407 e. The molecule has 0 radical (unpaired) electrons. The SMILES string of the molecule is CC(C)(C)OC(=O)NCCCCC(=O)N[C@H]1CCOC1=O. The molecule has 7 heteroatoms. The van der Waals surface area contributed by atoms with Gasteiger partial charge in [0, 0.05) is 19.4 Å². The molecule has 1 aliphatic rings. The first-order valence-electron chi connectivity index (χ1n) is 7.21. The Morgan fingerprint density at radius 1 is 1.33 bits per heavy atom. The van der Waals surface area contributed by atoms with Crippen LogP contribution >= 0.6 is 0 Å². The van der Waals surface area contributed by atoms with Gasteiger partial charge in [0.25, 0.3) is 0 Å². The van der Waals surface area contributed by atoms with Gasteiger partial charge in [0.15, 0.2) is 0 Å². The van der Waals surface area contributed by atoms with Crippen LogP contribution in [0.3, 0.4) is 0 Å². The molecule has 0 aromatic heterocycles. The van der Waals surface area contributed by atoms with Crippen LogP contribution in [0.25, 0.3) is 0 Å². The normalized spacial score (nSPS) is 18.0. The number of unbranched alkanes of at least 4 members (excludes halogenated alkanes) is 1. The van der Waals surface area contributed by atoms with Crippen LogP contribution in [0.2, 0.25) is 0 Å². The van der Waals surface area contributed by atoms with E-state index in [1.807, 2.05) is 0 Å². The number of amides is 2. The molecule has 7 nitrogen and oxygen atoms in total. The first kappa shape index (κ1) is 17.3. The Hall–Kier alpha value is -1.79. The van der Waals surface area contributed by atoms with Crippen molar-refractivity contribution < 1.29 is 23.9 Å². The molecule has 1 atom stereocenters. The summed E-state index contributed by atoms with van der Waals surface area (Å²) >= 11 is 0. The average Bonchev–Trinajstić information content (AvgIpc) is 2.72. The van der Waals surface area contributed by atoms with Gasteiger partial charge in [0.2, 0.25) is 5.91 Å². The molecule has 0 unspecified atom stereocenters. The highest BCUT2D eigenvalue weighted by atomic mass is 16.6. The van der Waals surface area contributed by atoms with Gasteiger partial charge in [-0.2, -0.15) is 0 Å². The van der Waals surface area contributed by atoms with Crippen LogP contribution in [0.5, 0.6) is 0 Å². The largest absolute Gasteiger partial charge is 0.464 e. The minimum absolute atomic E-state index is 0.170. The molecule has 0 aromatic rings. The van der Waals surface area contributed by atoms with Crippen molar-refractivity contribution in [2.45, 2.75) is 58.1 Å². The first-order chi connectivity index (χ1) is 9.78. The molecule has 0 aliphatic carbocycles. The van der Waals surface area contributed by atoms with Gasteiger partial charge in [-0.3, -0.25) is 4.79 Å². The summed E-state index contributed by atoms with van der Waals surface area (Å²) in [6, 6.07) is -0.502. The molecule has 0 saturated carbocycles. The molecule has 1 fully saturated rings. The summed E-state index contributed by atoms with van der Waals surface area (Å²) in [5.41, 5.74) is -0.514. The van der Waals surface area contributed by atoms with Crippen molar-refractivity contribution in [3.8, 4) is 0 Å². The number of ether oxygens (including phenoxy) is 2. The summed E-state index contributed by atoms with van der Waals surface area (Å²) in [6.07, 6.45) is 1.69. The molecule has 1 rings (SSSR count). The molecule has 120 valence electrons. The molecule has 1 aliphatic heterocycles. The maximum atomic E-state index is 11.6. The number of rotatable bonds is 6. The van der Waals surface area contributed by atoms with Gasteiger partial charge in [0.1, 0.15) is 11.6 Å². The molecule has 1 saturated heterocycles. The second kappa shape index (κ2) is 7.85. The van der Waals surface area contributed by atoms with Crippen LogP contribution in [-0.4, -0.2) is 42.8 Å². The van der Waals surface area contributed by atoms with Crippen LogP contribution < -0.4 is 10.6 Å². The Morgan fingerprint density at radius 3 is 2.62 bits per heavy atom.